The Labute approximate surface area is 91.7 Å². The second-order valence-electron chi connectivity index (χ2n) is 3.62. The Hall–Kier alpha value is 0.140. The third kappa shape index (κ3) is 2.55. The Bertz CT molecular complexity index is 268. The van der Waals surface area contributed by atoms with Gasteiger partial charge in [0.05, 0.1) is 0 Å². The average molecular weight is 260 g/mol. The Balaban J connectivity index is 1.70. The van der Waals surface area contributed by atoms with E-state index in [2.05, 4.69) is 32.7 Å². The van der Waals surface area contributed by atoms with Crippen LogP contribution in [0.25, 0.3) is 0 Å². The average Bonchev–Trinajstić information content (AvgIpc) is 2.42. The summed E-state index contributed by atoms with van der Waals surface area (Å²) in [6.07, 6.45) is 4.30. The van der Waals surface area contributed by atoms with Gasteiger partial charge in [-0.3, -0.25) is 0 Å². The zero-order valence-corrected chi connectivity index (χ0v) is 9.96. The van der Waals surface area contributed by atoms with Crippen molar-refractivity contribution < 1.29 is 0 Å². The quantitative estimate of drug-likeness (QED) is 0.874. The fraction of sp³-hybridized carbons (Fsp3) is 0.600. The highest BCUT2D eigenvalue weighted by atomic mass is 79.9. The van der Waals surface area contributed by atoms with E-state index in [4.69, 9.17) is 0 Å². The molecule has 72 valence electrons. The molecule has 0 aliphatic heterocycles. The molecule has 0 radical (unpaired) electrons. The van der Waals surface area contributed by atoms with Gasteiger partial charge in [-0.1, -0.05) is 6.42 Å². The molecular weight excluding hydrogens is 246 g/mol. The molecule has 1 saturated carbocycles. The zero-order chi connectivity index (χ0) is 9.10. The van der Waals surface area contributed by atoms with Crippen LogP contribution in [0.5, 0.6) is 0 Å². The van der Waals surface area contributed by atoms with Crippen LogP contribution in [-0.4, -0.2) is 6.54 Å². The largest absolute Gasteiger partial charge is 0.312 e. The van der Waals surface area contributed by atoms with Gasteiger partial charge in [0.1, 0.15) is 0 Å². The van der Waals surface area contributed by atoms with E-state index < -0.39 is 0 Å². The molecule has 0 amide bonds. The van der Waals surface area contributed by atoms with E-state index in [0.717, 1.165) is 12.5 Å². The summed E-state index contributed by atoms with van der Waals surface area (Å²) >= 11 is 5.35. The fourth-order valence-corrected chi connectivity index (χ4v) is 3.00. The Morgan fingerprint density at radius 1 is 1.54 bits per heavy atom. The minimum atomic E-state index is 0.957. The van der Waals surface area contributed by atoms with Gasteiger partial charge in [0.25, 0.3) is 0 Å². The molecule has 0 atom stereocenters. The highest BCUT2D eigenvalue weighted by Crippen LogP contribution is 2.26. The molecule has 1 aliphatic rings. The Morgan fingerprint density at radius 3 is 2.92 bits per heavy atom. The minimum absolute atomic E-state index is 0.957. The van der Waals surface area contributed by atoms with E-state index in [9.17, 15) is 0 Å². The number of thiophene rings is 1. The lowest BCUT2D eigenvalue weighted by Gasteiger charge is -2.25. The molecule has 1 fully saturated rings. The van der Waals surface area contributed by atoms with Crippen LogP contribution in [0.2, 0.25) is 0 Å². The zero-order valence-electron chi connectivity index (χ0n) is 7.55. The lowest BCUT2D eigenvalue weighted by molar-refractivity contribution is 0.301. The van der Waals surface area contributed by atoms with Crippen LogP contribution in [0, 0.1) is 5.92 Å². The van der Waals surface area contributed by atoms with Gasteiger partial charge in [-0.25, -0.2) is 0 Å². The van der Waals surface area contributed by atoms with Gasteiger partial charge >= 0.3 is 0 Å². The van der Waals surface area contributed by atoms with Gasteiger partial charge in [-0.05, 0) is 52.7 Å². The highest BCUT2D eigenvalue weighted by molar-refractivity contribution is 9.10. The first kappa shape index (κ1) is 9.69. The summed E-state index contributed by atoms with van der Waals surface area (Å²) in [7, 11) is 0. The standard InChI is InChI=1S/C10H14BrNS/c11-9-4-5-13-10(9)7-12-6-8-2-1-3-8/h4-5,8,12H,1-3,6-7H2. The predicted octanol–water partition coefficient (Wildman–Crippen LogP) is 3.40. The van der Waals surface area contributed by atoms with Crippen LogP contribution < -0.4 is 5.32 Å². The van der Waals surface area contributed by atoms with E-state index in [1.54, 1.807) is 0 Å². The van der Waals surface area contributed by atoms with Gasteiger partial charge < -0.3 is 5.32 Å². The van der Waals surface area contributed by atoms with E-state index in [1.807, 2.05) is 11.3 Å². The first-order chi connectivity index (χ1) is 6.36. The Morgan fingerprint density at radius 2 is 2.38 bits per heavy atom. The van der Waals surface area contributed by atoms with Gasteiger partial charge in [-0.15, -0.1) is 11.3 Å². The van der Waals surface area contributed by atoms with Crippen LogP contribution in [-0.2, 0) is 6.54 Å². The van der Waals surface area contributed by atoms with E-state index in [1.165, 1.54) is 35.2 Å². The fourth-order valence-electron chi connectivity index (χ4n) is 1.54. The van der Waals surface area contributed by atoms with E-state index >= 15 is 0 Å². The molecule has 0 unspecified atom stereocenters. The lowest BCUT2D eigenvalue weighted by Crippen LogP contribution is -2.26. The van der Waals surface area contributed by atoms with Crippen molar-refractivity contribution in [2.75, 3.05) is 6.54 Å². The van der Waals surface area contributed by atoms with Crippen LogP contribution in [0.4, 0.5) is 0 Å². The molecule has 0 bridgehead atoms. The normalized spacial score (nSPS) is 17.3. The van der Waals surface area contributed by atoms with Crippen LogP contribution in [0.1, 0.15) is 24.1 Å². The Kier molecular flexibility index (Phi) is 3.41. The van der Waals surface area contributed by atoms with Gasteiger partial charge in [0.2, 0.25) is 0 Å². The summed E-state index contributed by atoms with van der Waals surface area (Å²) in [5, 5.41) is 5.64. The highest BCUT2D eigenvalue weighted by Gasteiger charge is 2.16. The van der Waals surface area contributed by atoms with Crippen molar-refractivity contribution in [1.82, 2.24) is 5.32 Å². The maximum atomic E-state index is 3.53. The predicted molar refractivity (Wildman–Crippen MR) is 61.1 cm³/mol. The van der Waals surface area contributed by atoms with Crippen molar-refractivity contribution in [3.63, 3.8) is 0 Å². The SMILES string of the molecule is Brc1ccsc1CNCC1CCC1. The number of rotatable bonds is 4. The molecule has 0 aromatic carbocycles. The molecule has 2 rings (SSSR count). The summed E-state index contributed by atoms with van der Waals surface area (Å²) < 4.78 is 1.25. The smallest absolute Gasteiger partial charge is 0.0327 e. The summed E-state index contributed by atoms with van der Waals surface area (Å²) in [5.74, 6) is 0.957. The molecule has 1 heterocycles. The first-order valence-corrected chi connectivity index (χ1v) is 6.46. The molecule has 3 heteroatoms. The van der Waals surface area contributed by atoms with E-state index in [-0.39, 0.29) is 0 Å². The monoisotopic (exact) mass is 259 g/mol. The summed E-state index contributed by atoms with van der Waals surface area (Å²) in [5.41, 5.74) is 0. The maximum Gasteiger partial charge on any atom is 0.0327 e. The minimum Gasteiger partial charge on any atom is -0.312 e. The summed E-state index contributed by atoms with van der Waals surface area (Å²) in [6.45, 7) is 2.22. The lowest BCUT2D eigenvalue weighted by atomic mass is 9.85. The van der Waals surface area contributed by atoms with Gasteiger partial charge in [0, 0.05) is 15.9 Å². The number of halogens is 1. The van der Waals surface area contributed by atoms with Crippen molar-refractivity contribution in [1.29, 1.82) is 0 Å². The number of nitrogens with one attached hydrogen (secondary N) is 1. The molecule has 0 spiro atoms. The second kappa shape index (κ2) is 4.58. The first-order valence-electron chi connectivity index (χ1n) is 4.79. The molecule has 1 N–H and O–H groups in total. The summed E-state index contributed by atoms with van der Waals surface area (Å²) in [6, 6.07) is 2.12. The van der Waals surface area contributed by atoms with Crippen LogP contribution >= 0.6 is 27.3 Å². The molecule has 1 aliphatic carbocycles. The molecular formula is C10H14BrNS. The molecule has 1 aromatic rings. The van der Waals surface area contributed by atoms with E-state index in [0.29, 0.717) is 0 Å². The van der Waals surface area contributed by atoms with Crippen LogP contribution in [0.3, 0.4) is 0 Å². The van der Waals surface area contributed by atoms with Crippen molar-refractivity contribution in [3.8, 4) is 0 Å². The van der Waals surface area contributed by atoms with Gasteiger partial charge in [0.15, 0.2) is 0 Å². The molecule has 13 heavy (non-hydrogen) atoms. The van der Waals surface area contributed by atoms with Crippen molar-refractivity contribution in [3.05, 3.63) is 20.8 Å². The maximum absolute atomic E-state index is 3.53. The van der Waals surface area contributed by atoms with Crippen molar-refractivity contribution in [2.45, 2.75) is 25.8 Å². The molecule has 0 saturated heterocycles. The van der Waals surface area contributed by atoms with Crippen molar-refractivity contribution >= 4 is 27.3 Å². The molecule has 1 nitrogen and oxygen atoms in total. The molecule has 1 aromatic heterocycles. The second-order valence-corrected chi connectivity index (χ2v) is 5.47. The van der Waals surface area contributed by atoms with Gasteiger partial charge in [-0.2, -0.15) is 0 Å². The summed E-state index contributed by atoms with van der Waals surface area (Å²) in [4.78, 5) is 1.42. The number of hydrogen-bond donors (Lipinski definition) is 1. The number of hydrogen-bond acceptors (Lipinski definition) is 2. The van der Waals surface area contributed by atoms with Crippen molar-refractivity contribution in [2.24, 2.45) is 5.92 Å². The third-order valence-electron chi connectivity index (χ3n) is 2.63. The topological polar surface area (TPSA) is 12.0 Å². The van der Waals surface area contributed by atoms with Crippen LogP contribution in [0.15, 0.2) is 15.9 Å². The third-order valence-corrected chi connectivity index (χ3v) is 4.56.